The van der Waals surface area contributed by atoms with Gasteiger partial charge in [0.1, 0.15) is 0 Å². The van der Waals surface area contributed by atoms with Crippen molar-refractivity contribution in [2.24, 2.45) is 0 Å². The lowest BCUT2D eigenvalue weighted by Crippen LogP contribution is -2.34. The van der Waals surface area contributed by atoms with Gasteiger partial charge in [0, 0.05) is 6.04 Å². The quantitative estimate of drug-likeness (QED) is 0.515. The van der Waals surface area contributed by atoms with Crippen LogP contribution in [0.15, 0.2) is 12.2 Å². The first-order valence-corrected chi connectivity index (χ1v) is 6.28. The maximum absolute atomic E-state index is 6.14. The molecule has 0 spiro atoms. The standard InChI is InChI=1S/C12H22ClN/c1-3-14(4-2)12-8-6-5-7-11(13)9-10-12/h9-12H,3-8H2,1-2H3/b10-9-. The lowest BCUT2D eigenvalue weighted by atomic mass is 10.0. The molecule has 2 unspecified atom stereocenters. The highest BCUT2D eigenvalue weighted by atomic mass is 35.5. The van der Waals surface area contributed by atoms with Crippen LogP contribution in [0.2, 0.25) is 0 Å². The van der Waals surface area contributed by atoms with E-state index >= 15 is 0 Å². The zero-order chi connectivity index (χ0) is 10.4. The van der Waals surface area contributed by atoms with E-state index in [1.54, 1.807) is 0 Å². The fraction of sp³-hybridized carbons (Fsp3) is 0.833. The van der Waals surface area contributed by atoms with Gasteiger partial charge in [-0.3, -0.25) is 4.90 Å². The maximum Gasteiger partial charge on any atom is 0.0516 e. The fourth-order valence-corrected chi connectivity index (χ4v) is 2.37. The lowest BCUT2D eigenvalue weighted by molar-refractivity contribution is 0.237. The van der Waals surface area contributed by atoms with E-state index in [9.17, 15) is 0 Å². The van der Waals surface area contributed by atoms with E-state index in [-0.39, 0.29) is 5.38 Å². The number of nitrogens with zero attached hydrogens (tertiary/aromatic N) is 1. The summed E-state index contributed by atoms with van der Waals surface area (Å²) in [7, 11) is 0. The van der Waals surface area contributed by atoms with E-state index < -0.39 is 0 Å². The minimum atomic E-state index is 0.258. The van der Waals surface area contributed by atoms with E-state index in [4.69, 9.17) is 11.6 Å². The summed E-state index contributed by atoms with van der Waals surface area (Å²) in [4.78, 5) is 2.51. The summed E-state index contributed by atoms with van der Waals surface area (Å²) in [5.41, 5.74) is 0. The second-order valence-electron chi connectivity index (χ2n) is 3.97. The Bertz CT molecular complexity index is 175. The Morgan fingerprint density at radius 3 is 2.43 bits per heavy atom. The molecule has 0 heterocycles. The van der Waals surface area contributed by atoms with Crippen LogP contribution >= 0.6 is 11.6 Å². The van der Waals surface area contributed by atoms with Gasteiger partial charge in [0.05, 0.1) is 5.38 Å². The molecule has 0 aliphatic heterocycles. The van der Waals surface area contributed by atoms with E-state index in [1.165, 1.54) is 19.3 Å². The number of allylic oxidation sites excluding steroid dienone is 1. The largest absolute Gasteiger partial charge is 0.297 e. The summed E-state index contributed by atoms with van der Waals surface area (Å²) >= 11 is 6.14. The Hall–Kier alpha value is -0.0100. The highest BCUT2D eigenvalue weighted by Gasteiger charge is 2.14. The van der Waals surface area contributed by atoms with E-state index in [0.717, 1.165) is 19.5 Å². The van der Waals surface area contributed by atoms with Crippen molar-refractivity contribution in [2.75, 3.05) is 13.1 Å². The molecular weight excluding hydrogens is 194 g/mol. The van der Waals surface area contributed by atoms with Gasteiger partial charge in [-0.1, -0.05) is 38.8 Å². The average Bonchev–Trinajstić information content (AvgIpc) is 2.17. The monoisotopic (exact) mass is 215 g/mol. The van der Waals surface area contributed by atoms with Crippen molar-refractivity contribution in [1.29, 1.82) is 0 Å². The molecule has 0 aromatic carbocycles. The van der Waals surface area contributed by atoms with Crippen LogP contribution in [0.4, 0.5) is 0 Å². The average molecular weight is 216 g/mol. The van der Waals surface area contributed by atoms with Crippen molar-refractivity contribution in [2.45, 2.75) is 50.9 Å². The van der Waals surface area contributed by atoms with Crippen LogP contribution < -0.4 is 0 Å². The van der Waals surface area contributed by atoms with Crippen molar-refractivity contribution in [1.82, 2.24) is 4.90 Å². The molecule has 0 aromatic rings. The predicted molar refractivity (Wildman–Crippen MR) is 64.0 cm³/mol. The zero-order valence-corrected chi connectivity index (χ0v) is 10.1. The maximum atomic E-state index is 6.14. The third-order valence-electron chi connectivity index (χ3n) is 3.05. The highest BCUT2D eigenvalue weighted by molar-refractivity contribution is 6.21. The van der Waals surface area contributed by atoms with Crippen molar-refractivity contribution in [3.63, 3.8) is 0 Å². The Morgan fingerprint density at radius 2 is 1.79 bits per heavy atom. The molecule has 0 aromatic heterocycles. The molecule has 1 rings (SSSR count). The van der Waals surface area contributed by atoms with Crippen molar-refractivity contribution < 1.29 is 0 Å². The second kappa shape index (κ2) is 6.47. The van der Waals surface area contributed by atoms with Crippen LogP contribution in [0.25, 0.3) is 0 Å². The van der Waals surface area contributed by atoms with Crippen LogP contribution in [0.1, 0.15) is 39.5 Å². The summed E-state index contributed by atoms with van der Waals surface area (Å²) in [6.45, 7) is 6.74. The summed E-state index contributed by atoms with van der Waals surface area (Å²) in [6, 6.07) is 0.617. The molecule has 0 fully saturated rings. The molecule has 0 radical (unpaired) electrons. The van der Waals surface area contributed by atoms with Crippen molar-refractivity contribution in [3.8, 4) is 0 Å². The Morgan fingerprint density at radius 1 is 1.14 bits per heavy atom. The fourth-order valence-electron chi connectivity index (χ4n) is 2.13. The molecule has 0 N–H and O–H groups in total. The lowest BCUT2D eigenvalue weighted by Gasteiger charge is -2.28. The number of hydrogen-bond acceptors (Lipinski definition) is 1. The van der Waals surface area contributed by atoms with E-state index in [0.29, 0.717) is 6.04 Å². The summed E-state index contributed by atoms with van der Waals surface area (Å²) in [5, 5.41) is 0.258. The molecular formula is C12H22ClN. The van der Waals surface area contributed by atoms with Crippen molar-refractivity contribution in [3.05, 3.63) is 12.2 Å². The van der Waals surface area contributed by atoms with Gasteiger partial charge in [-0.25, -0.2) is 0 Å². The Kier molecular flexibility index (Phi) is 5.57. The number of halogens is 1. The number of rotatable bonds is 3. The molecule has 0 saturated carbocycles. The molecule has 1 aliphatic carbocycles. The Balaban J connectivity index is 2.56. The summed E-state index contributed by atoms with van der Waals surface area (Å²) in [5.74, 6) is 0. The van der Waals surface area contributed by atoms with Gasteiger partial charge >= 0.3 is 0 Å². The number of alkyl halides is 1. The first kappa shape index (κ1) is 12.1. The van der Waals surface area contributed by atoms with Crippen LogP contribution in [0.3, 0.4) is 0 Å². The van der Waals surface area contributed by atoms with Gasteiger partial charge in [0.25, 0.3) is 0 Å². The topological polar surface area (TPSA) is 3.24 Å². The summed E-state index contributed by atoms with van der Waals surface area (Å²) in [6.07, 6.45) is 9.52. The third-order valence-corrected chi connectivity index (χ3v) is 3.42. The first-order chi connectivity index (χ1) is 6.77. The van der Waals surface area contributed by atoms with Crippen LogP contribution in [-0.4, -0.2) is 29.4 Å². The number of likely N-dealkylation sites (N-methyl/N-ethyl adjacent to an activating group) is 1. The molecule has 0 amide bonds. The normalized spacial score (nSPS) is 31.1. The van der Waals surface area contributed by atoms with Crippen LogP contribution in [-0.2, 0) is 0 Å². The molecule has 1 nitrogen and oxygen atoms in total. The minimum Gasteiger partial charge on any atom is -0.297 e. The molecule has 2 atom stereocenters. The van der Waals surface area contributed by atoms with E-state index in [2.05, 4.69) is 30.9 Å². The van der Waals surface area contributed by atoms with Gasteiger partial charge in [-0.05, 0) is 25.9 Å². The smallest absolute Gasteiger partial charge is 0.0516 e. The highest BCUT2D eigenvalue weighted by Crippen LogP contribution is 2.19. The van der Waals surface area contributed by atoms with Crippen LogP contribution in [0.5, 0.6) is 0 Å². The molecule has 82 valence electrons. The van der Waals surface area contributed by atoms with Gasteiger partial charge in [0.15, 0.2) is 0 Å². The van der Waals surface area contributed by atoms with Crippen LogP contribution in [0, 0.1) is 0 Å². The van der Waals surface area contributed by atoms with Gasteiger partial charge in [0.2, 0.25) is 0 Å². The predicted octanol–water partition coefficient (Wildman–Crippen LogP) is 3.43. The molecule has 0 saturated heterocycles. The third kappa shape index (κ3) is 3.62. The molecule has 1 aliphatic rings. The molecule has 2 heteroatoms. The van der Waals surface area contributed by atoms with Gasteiger partial charge in [-0.15, -0.1) is 11.6 Å². The second-order valence-corrected chi connectivity index (χ2v) is 4.53. The SMILES string of the molecule is CCN(CC)C1/C=C\C(Cl)CCCC1. The van der Waals surface area contributed by atoms with Gasteiger partial charge in [-0.2, -0.15) is 0 Å². The first-order valence-electron chi connectivity index (χ1n) is 5.84. The van der Waals surface area contributed by atoms with Crippen molar-refractivity contribution >= 4 is 11.6 Å². The number of hydrogen-bond donors (Lipinski definition) is 0. The molecule has 14 heavy (non-hydrogen) atoms. The Labute approximate surface area is 93.1 Å². The zero-order valence-electron chi connectivity index (χ0n) is 9.38. The molecule has 0 bridgehead atoms. The summed E-state index contributed by atoms with van der Waals surface area (Å²) < 4.78 is 0. The van der Waals surface area contributed by atoms with Gasteiger partial charge < -0.3 is 0 Å². The van der Waals surface area contributed by atoms with E-state index in [1.807, 2.05) is 0 Å². The minimum absolute atomic E-state index is 0.258.